The minimum absolute atomic E-state index is 0.197. The van der Waals surface area contributed by atoms with Gasteiger partial charge in [-0.25, -0.2) is 4.39 Å². The molecule has 1 aromatic rings. The highest BCUT2D eigenvalue weighted by Crippen LogP contribution is 2.32. The van der Waals surface area contributed by atoms with Crippen LogP contribution in [0.1, 0.15) is 38.7 Å². The van der Waals surface area contributed by atoms with Gasteiger partial charge in [-0.15, -0.1) is 11.6 Å². The first-order chi connectivity index (χ1) is 9.60. The Balaban J connectivity index is 2.12. The van der Waals surface area contributed by atoms with Crippen LogP contribution in [0.5, 0.6) is 5.75 Å². The summed E-state index contributed by atoms with van der Waals surface area (Å²) in [5.74, 6) is 7.62. The van der Waals surface area contributed by atoms with Crippen molar-refractivity contribution >= 4 is 11.6 Å². The van der Waals surface area contributed by atoms with Crippen molar-refractivity contribution in [3.8, 4) is 17.6 Å². The fourth-order valence-corrected chi connectivity index (χ4v) is 2.68. The van der Waals surface area contributed by atoms with Crippen LogP contribution in [0.15, 0.2) is 18.2 Å². The second kappa shape index (κ2) is 6.99. The van der Waals surface area contributed by atoms with E-state index >= 15 is 0 Å². The average molecular weight is 295 g/mol. The van der Waals surface area contributed by atoms with Gasteiger partial charge in [-0.3, -0.25) is 0 Å². The van der Waals surface area contributed by atoms with Gasteiger partial charge in [0.25, 0.3) is 0 Å². The molecule has 0 aliphatic heterocycles. The van der Waals surface area contributed by atoms with E-state index in [1.807, 2.05) is 0 Å². The van der Waals surface area contributed by atoms with E-state index in [4.69, 9.17) is 16.3 Å². The predicted molar refractivity (Wildman–Crippen MR) is 80.6 cm³/mol. The molecule has 0 radical (unpaired) electrons. The molecule has 1 fully saturated rings. The summed E-state index contributed by atoms with van der Waals surface area (Å²) in [6, 6.07) is 4.48. The van der Waals surface area contributed by atoms with Gasteiger partial charge in [0, 0.05) is 0 Å². The number of hydrogen-bond donors (Lipinski definition) is 0. The molecule has 1 aliphatic rings. The van der Waals surface area contributed by atoms with Crippen LogP contribution >= 0.6 is 11.6 Å². The lowest BCUT2D eigenvalue weighted by Crippen LogP contribution is -2.29. The summed E-state index contributed by atoms with van der Waals surface area (Å²) in [7, 11) is 0. The van der Waals surface area contributed by atoms with E-state index in [1.54, 1.807) is 6.07 Å². The Morgan fingerprint density at radius 3 is 2.80 bits per heavy atom. The van der Waals surface area contributed by atoms with Crippen LogP contribution < -0.4 is 4.74 Å². The number of alkyl halides is 1. The van der Waals surface area contributed by atoms with Crippen molar-refractivity contribution in [2.75, 3.05) is 5.88 Å². The first kappa shape index (κ1) is 15.2. The van der Waals surface area contributed by atoms with Crippen LogP contribution in [0, 0.1) is 29.5 Å². The second-order valence-corrected chi connectivity index (χ2v) is 5.85. The maximum atomic E-state index is 13.3. The summed E-state index contributed by atoms with van der Waals surface area (Å²) >= 11 is 5.56. The Morgan fingerprint density at radius 2 is 2.10 bits per heavy atom. The lowest BCUT2D eigenvalue weighted by Gasteiger charge is -2.32. The van der Waals surface area contributed by atoms with Crippen molar-refractivity contribution in [3.63, 3.8) is 0 Å². The minimum Gasteiger partial charge on any atom is -0.489 e. The van der Waals surface area contributed by atoms with E-state index in [2.05, 4.69) is 25.7 Å². The molecule has 1 aliphatic carbocycles. The standard InChI is InChI=1S/C17H20ClFO/c1-12-5-7-16(10-13(12)2)20-17-8-6-15(19)11-14(17)4-3-9-18/h6,8,11-13,16H,5,7,9-10H2,1-2H3. The van der Waals surface area contributed by atoms with E-state index in [0.717, 1.165) is 18.8 Å². The molecule has 0 spiro atoms. The summed E-state index contributed by atoms with van der Waals surface area (Å²) in [4.78, 5) is 0. The molecule has 1 aromatic carbocycles. The van der Waals surface area contributed by atoms with E-state index < -0.39 is 0 Å². The Bertz CT molecular complexity index is 517. The molecule has 0 N–H and O–H groups in total. The molecule has 2 rings (SSSR count). The molecule has 3 heteroatoms. The highest BCUT2D eigenvalue weighted by atomic mass is 35.5. The minimum atomic E-state index is -0.304. The lowest BCUT2D eigenvalue weighted by molar-refractivity contribution is 0.100. The van der Waals surface area contributed by atoms with Crippen molar-refractivity contribution in [2.45, 2.75) is 39.2 Å². The maximum Gasteiger partial charge on any atom is 0.135 e. The van der Waals surface area contributed by atoms with E-state index in [0.29, 0.717) is 17.2 Å². The smallest absolute Gasteiger partial charge is 0.135 e. The van der Waals surface area contributed by atoms with E-state index in [1.165, 1.54) is 18.6 Å². The zero-order valence-corrected chi connectivity index (χ0v) is 12.7. The molecular weight excluding hydrogens is 275 g/mol. The van der Waals surface area contributed by atoms with Crippen LogP contribution in [0.25, 0.3) is 0 Å². The van der Waals surface area contributed by atoms with E-state index in [-0.39, 0.29) is 17.8 Å². The molecular formula is C17H20ClFO. The first-order valence-corrected chi connectivity index (χ1v) is 7.64. The zero-order chi connectivity index (χ0) is 14.5. The van der Waals surface area contributed by atoms with Gasteiger partial charge >= 0.3 is 0 Å². The number of benzene rings is 1. The highest BCUT2D eigenvalue weighted by molar-refractivity contribution is 6.19. The second-order valence-electron chi connectivity index (χ2n) is 5.58. The molecule has 0 saturated heterocycles. The van der Waals surface area contributed by atoms with Crippen LogP contribution in [-0.4, -0.2) is 12.0 Å². The SMILES string of the molecule is CC1CCC(Oc2ccc(F)cc2C#CCCl)CC1C. The van der Waals surface area contributed by atoms with Gasteiger partial charge in [0.2, 0.25) is 0 Å². The molecule has 0 bridgehead atoms. The Kier molecular flexibility index (Phi) is 5.31. The molecule has 3 atom stereocenters. The topological polar surface area (TPSA) is 9.23 Å². The van der Waals surface area contributed by atoms with Crippen LogP contribution in [-0.2, 0) is 0 Å². The molecule has 3 unspecified atom stereocenters. The Morgan fingerprint density at radius 1 is 1.30 bits per heavy atom. The molecule has 1 saturated carbocycles. The van der Waals surface area contributed by atoms with Crippen molar-refractivity contribution in [1.82, 2.24) is 0 Å². The van der Waals surface area contributed by atoms with Crippen LogP contribution in [0.2, 0.25) is 0 Å². The van der Waals surface area contributed by atoms with Crippen molar-refractivity contribution in [3.05, 3.63) is 29.6 Å². The summed E-state index contributed by atoms with van der Waals surface area (Å²) in [6.07, 6.45) is 3.46. The number of hydrogen-bond acceptors (Lipinski definition) is 1. The van der Waals surface area contributed by atoms with Gasteiger partial charge in [-0.1, -0.05) is 25.7 Å². The van der Waals surface area contributed by atoms with Gasteiger partial charge in [-0.2, -0.15) is 0 Å². The third-order valence-corrected chi connectivity index (χ3v) is 4.21. The molecule has 0 heterocycles. The molecule has 0 amide bonds. The van der Waals surface area contributed by atoms with Crippen LogP contribution in [0.4, 0.5) is 4.39 Å². The summed E-state index contributed by atoms with van der Waals surface area (Å²) < 4.78 is 19.4. The first-order valence-electron chi connectivity index (χ1n) is 7.11. The third kappa shape index (κ3) is 3.90. The van der Waals surface area contributed by atoms with Gasteiger partial charge < -0.3 is 4.74 Å². The fourth-order valence-electron chi connectivity index (χ4n) is 2.62. The van der Waals surface area contributed by atoms with E-state index in [9.17, 15) is 4.39 Å². The lowest BCUT2D eigenvalue weighted by atomic mass is 9.80. The van der Waals surface area contributed by atoms with Gasteiger partial charge in [-0.05, 0) is 49.3 Å². The quantitative estimate of drug-likeness (QED) is 0.571. The van der Waals surface area contributed by atoms with Crippen molar-refractivity contribution in [2.24, 2.45) is 11.8 Å². The highest BCUT2D eigenvalue weighted by Gasteiger charge is 2.26. The van der Waals surface area contributed by atoms with Crippen LogP contribution in [0.3, 0.4) is 0 Å². The normalized spacial score (nSPS) is 25.7. The summed E-state index contributed by atoms with van der Waals surface area (Å²) in [6.45, 7) is 4.55. The molecule has 0 aromatic heterocycles. The number of halogens is 2. The van der Waals surface area contributed by atoms with Crippen molar-refractivity contribution < 1.29 is 9.13 Å². The maximum absolute atomic E-state index is 13.3. The molecule has 20 heavy (non-hydrogen) atoms. The largest absolute Gasteiger partial charge is 0.489 e. The molecule has 108 valence electrons. The Labute approximate surface area is 125 Å². The number of rotatable bonds is 2. The fraction of sp³-hybridized carbons (Fsp3) is 0.529. The van der Waals surface area contributed by atoms with Crippen molar-refractivity contribution in [1.29, 1.82) is 0 Å². The van der Waals surface area contributed by atoms with Gasteiger partial charge in [0.1, 0.15) is 11.6 Å². The third-order valence-electron chi connectivity index (χ3n) is 4.08. The average Bonchev–Trinajstić information content (AvgIpc) is 2.43. The van der Waals surface area contributed by atoms with Gasteiger partial charge in [0.05, 0.1) is 17.5 Å². The summed E-state index contributed by atoms with van der Waals surface area (Å²) in [5, 5.41) is 0. The summed E-state index contributed by atoms with van der Waals surface area (Å²) in [5.41, 5.74) is 0.580. The zero-order valence-electron chi connectivity index (χ0n) is 12.0. The Hall–Kier alpha value is -1.20. The number of ether oxygens (including phenoxy) is 1. The van der Waals surface area contributed by atoms with Gasteiger partial charge in [0.15, 0.2) is 0 Å². The predicted octanol–water partition coefficient (Wildman–Crippen LogP) is 4.62. The molecule has 1 nitrogen and oxygen atoms in total. The monoisotopic (exact) mass is 294 g/mol.